The van der Waals surface area contributed by atoms with Crippen LogP contribution in [-0.4, -0.2) is 42.0 Å². The second-order valence-electron chi connectivity index (χ2n) is 4.69. The molecule has 1 unspecified atom stereocenters. The van der Waals surface area contributed by atoms with Gasteiger partial charge in [0.05, 0.1) is 18.2 Å². The molecule has 2 aromatic rings. The quantitative estimate of drug-likeness (QED) is 0.812. The summed E-state index contributed by atoms with van der Waals surface area (Å²) in [5.41, 5.74) is 6.90. The van der Waals surface area contributed by atoms with E-state index >= 15 is 0 Å². The average Bonchev–Trinajstić information content (AvgIpc) is 2.77. The molecule has 0 saturated heterocycles. The van der Waals surface area contributed by atoms with Crippen molar-refractivity contribution in [2.45, 2.75) is 12.5 Å². The molecule has 0 spiro atoms. The van der Waals surface area contributed by atoms with Gasteiger partial charge in [0.25, 0.3) is 5.91 Å². The zero-order valence-corrected chi connectivity index (χ0v) is 11.8. The van der Waals surface area contributed by atoms with Gasteiger partial charge in [0.2, 0.25) is 0 Å². The first-order valence-corrected chi connectivity index (χ1v) is 6.59. The van der Waals surface area contributed by atoms with E-state index in [0.717, 1.165) is 10.9 Å². The van der Waals surface area contributed by atoms with Crippen molar-refractivity contribution in [3.63, 3.8) is 0 Å². The van der Waals surface area contributed by atoms with Gasteiger partial charge < -0.3 is 15.8 Å². The minimum absolute atomic E-state index is 0.0988. The molecule has 0 fully saturated rings. The van der Waals surface area contributed by atoms with Gasteiger partial charge in [0.1, 0.15) is 0 Å². The SMILES string of the molecule is COCC(CCN)NC(=O)c1nn(C)c2ccccc12. The van der Waals surface area contributed by atoms with Crippen molar-refractivity contribution in [1.82, 2.24) is 15.1 Å². The van der Waals surface area contributed by atoms with Gasteiger partial charge in [-0.2, -0.15) is 5.10 Å². The van der Waals surface area contributed by atoms with E-state index in [2.05, 4.69) is 10.4 Å². The summed E-state index contributed by atoms with van der Waals surface area (Å²) in [4.78, 5) is 12.3. The minimum atomic E-state index is -0.197. The Morgan fingerprint density at radius 2 is 2.25 bits per heavy atom. The standard InChI is InChI=1S/C14H20N4O2/c1-18-12-6-4-3-5-11(12)13(17-18)14(19)16-10(7-8-15)9-20-2/h3-6,10H,7-9,15H2,1-2H3,(H,16,19). The summed E-state index contributed by atoms with van der Waals surface area (Å²) < 4.78 is 6.80. The number of ether oxygens (including phenoxy) is 1. The number of hydrogen-bond acceptors (Lipinski definition) is 4. The summed E-state index contributed by atoms with van der Waals surface area (Å²) in [6.45, 7) is 0.935. The molecule has 0 aliphatic heterocycles. The molecule has 1 heterocycles. The Balaban J connectivity index is 2.22. The number of aromatic nitrogens is 2. The van der Waals surface area contributed by atoms with E-state index in [0.29, 0.717) is 25.3 Å². The molecule has 6 heteroatoms. The van der Waals surface area contributed by atoms with Crippen molar-refractivity contribution < 1.29 is 9.53 Å². The zero-order valence-electron chi connectivity index (χ0n) is 11.8. The van der Waals surface area contributed by atoms with Gasteiger partial charge in [0.15, 0.2) is 5.69 Å². The molecule has 0 aliphatic rings. The number of benzene rings is 1. The van der Waals surface area contributed by atoms with Crippen molar-refractivity contribution in [2.75, 3.05) is 20.3 Å². The monoisotopic (exact) mass is 276 g/mol. The van der Waals surface area contributed by atoms with Crippen LogP contribution in [0.15, 0.2) is 24.3 Å². The molecule has 0 aliphatic carbocycles. The van der Waals surface area contributed by atoms with Crippen LogP contribution in [0.1, 0.15) is 16.9 Å². The van der Waals surface area contributed by atoms with Gasteiger partial charge in [-0.05, 0) is 19.0 Å². The van der Waals surface area contributed by atoms with E-state index in [1.165, 1.54) is 0 Å². The third-order valence-electron chi connectivity index (χ3n) is 3.19. The number of nitrogens with zero attached hydrogens (tertiary/aromatic N) is 2. The molecule has 1 aromatic carbocycles. The summed E-state index contributed by atoms with van der Waals surface area (Å²) in [6, 6.07) is 7.55. The minimum Gasteiger partial charge on any atom is -0.383 e. The summed E-state index contributed by atoms with van der Waals surface area (Å²) in [6.07, 6.45) is 0.671. The number of methoxy groups -OCH3 is 1. The first-order valence-electron chi connectivity index (χ1n) is 6.59. The van der Waals surface area contributed by atoms with E-state index in [1.807, 2.05) is 31.3 Å². The number of nitrogens with two attached hydrogens (primary N) is 1. The molecule has 1 amide bonds. The maximum atomic E-state index is 12.3. The van der Waals surface area contributed by atoms with Gasteiger partial charge in [-0.25, -0.2) is 0 Å². The van der Waals surface area contributed by atoms with Crippen LogP contribution in [0.5, 0.6) is 0 Å². The lowest BCUT2D eigenvalue weighted by Gasteiger charge is -2.16. The fraction of sp³-hybridized carbons (Fsp3) is 0.429. The maximum absolute atomic E-state index is 12.3. The van der Waals surface area contributed by atoms with Crippen LogP contribution in [0.4, 0.5) is 0 Å². The number of carbonyl (C=O) groups is 1. The topological polar surface area (TPSA) is 82.2 Å². The Bertz CT molecular complexity index is 588. The van der Waals surface area contributed by atoms with Crippen LogP contribution < -0.4 is 11.1 Å². The molecule has 108 valence electrons. The van der Waals surface area contributed by atoms with E-state index in [-0.39, 0.29) is 11.9 Å². The molecule has 3 N–H and O–H groups in total. The Labute approximate surface area is 117 Å². The average molecular weight is 276 g/mol. The van der Waals surface area contributed by atoms with Gasteiger partial charge in [-0.1, -0.05) is 18.2 Å². The second kappa shape index (κ2) is 6.49. The zero-order chi connectivity index (χ0) is 14.5. The summed E-state index contributed by atoms with van der Waals surface area (Å²) >= 11 is 0. The van der Waals surface area contributed by atoms with Crippen LogP contribution in [0.25, 0.3) is 10.9 Å². The molecule has 1 aromatic heterocycles. The highest BCUT2D eigenvalue weighted by Crippen LogP contribution is 2.17. The molecule has 1 atom stereocenters. The first kappa shape index (κ1) is 14.5. The van der Waals surface area contributed by atoms with Gasteiger partial charge in [0, 0.05) is 19.5 Å². The summed E-state index contributed by atoms with van der Waals surface area (Å²) in [7, 11) is 3.43. The van der Waals surface area contributed by atoms with Crippen molar-refractivity contribution in [2.24, 2.45) is 12.8 Å². The number of hydrogen-bond donors (Lipinski definition) is 2. The Morgan fingerprint density at radius 3 is 2.95 bits per heavy atom. The lowest BCUT2D eigenvalue weighted by atomic mass is 10.1. The van der Waals surface area contributed by atoms with Gasteiger partial charge in [-0.3, -0.25) is 9.48 Å². The summed E-state index contributed by atoms with van der Waals surface area (Å²) in [5, 5.41) is 8.06. The molecular formula is C14H20N4O2. The third-order valence-corrected chi connectivity index (χ3v) is 3.19. The normalized spacial score (nSPS) is 12.6. The molecular weight excluding hydrogens is 256 g/mol. The number of aryl methyl sites for hydroxylation is 1. The first-order chi connectivity index (χ1) is 9.67. The van der Waals surface area contributed by atoms with Crippen molar-refractivity contribution in [1.29, 1.82) is 0 Å². The highest BCUT2D eigenvalue weighted by molar-refractivity contribution is 6.04. The fourth-order valence-electron chi connectivity index (χ4n) is 2.23. The second-order valence-corrected chi connectivity index (χ2v) is 4.69. The molecule has 6 nitrogen and oxygen atoms in total. The van der Waals surface area contributed by atoms with Gasteiger partial charge in [-0.15, -0.1) is 0 Å². The Hall–Kier alpha value is -1.92. The molecule has 2 rings (SSSR count). The van der Waals surface area contributed by atoms with Crippen LogP contribution in [0.3, 0.4) is 0 Å². The van der Waals surface area contributed by atoms with Crippen LogP contribution in [-0.2, 0) is 11.8 Å². The molecule has 20 heavy (non-hydrogen) atoms. The van der Waals surface area contributed by atoms with Crippen molar-refractivity contribution >= 4 is 16.8 Å². The predicted molar refractivity (Wildman–Crippen MR) is 77.5 cm³/mol. The third kappa shape index (κ3) is 2.97. The fourth-order valence-corrected chi connectivity index (χ4v) is 2.23. The highest BCUT2D eigenvalue weighted by Gasteiger charge is 2.18. The number of nitrogens with one attached hydrogen (secondary N) is 1. The van der Waals surface area contributed by atoms with Crippen LogP contribution >= 0.6 is 0 Å². The predicted octanol–water partition coefficient (Wildman–Crippen LogP) is 0.667. The number of para-hydroxylation sites is 1. The van der Waals surface area contributed by atoms with E-state index in [9.17, 15) is 4.79 Å². The lowest BCUT2D eigenvalue weighted by molar-refractivity contribution is 0.0889. The summed E-state index contributed by atoms with van der Waals surface area (Å²) in [5.74, 6) is -0.197. The number of amides is 1. The van der Waals surface area contributed by atoms with E-state index < -0.39 is 0 Å². The Kier molecular flexibility index (Phi) is 4.70. The van der Waals surface area contributed by atoms with E-state index in [4.69, 9.17) is 10.5 Å². The maximum Gasteiger partial charge on any atom is 0.272 e. The number of rotatable bonds is 6. The highest BCUT2D eigenvalue weighted by atomic mass is 16.5. The lowest BCUT2D eigenvalue weighted by Crippen LogP contribution is -2.39. The number of fused-ring (bicyclic) bond motifs is 1. The van der Waals surface area contributed by atoms with Crippen molar-refractivity contribution in [3.8, 4) is 0 Å². The van der Waals surface area contributed by atoms with Crippen LogP contribution in [0, 0.1) is 0 Å². The molecule has 0 bridgehead atoms. The number of carbonyl (C=O) groups excluding carboxylic acids is 1. The Morgan fingerprint density at radius 1 is 1.50 bits per heavy atom. The van der Waals surface area contributed by atoms with Crippen LogP contribution in [0.2, 0.25) is 0 Å². The largest absolute Gasteiger partial charge is 0.383 e. The van der Waals surface area contributed by atoms with Crippen molar-refractivity contribution in [3.05, 3.63) is 30.0 Å². The molecule has 0 radical (unpaired) electrons. The van der Waals surface area contributed by atoms with Gasteiger partial charge >= 0.3 is 0 Å². The molecule has 0 saturated carbocycles. The van der Waals surface area contributed by atoms with E-state index in [1.54, 1.807) is 11.8 Å². The smallest absolute Gasteiger partial charge is 0.272 e.